The van der Waals surface area contributed by atoms with Crippen molar-refractivity contribution in [3.05, 3.63) is 42.5 Å². The summed E-state index contributed by atoms with van der Waals surface area (Å²) in [5, 5.41) is 0.871. The maximum atomic E-state index is 13.8. The summed E-state index contributed by atoms with van der Waals surface area (Å²) in [6, 6.07) is 6.78. The summed E-state index contributed by atoms with van der Waals surface area (Å²) in [6.07, 6.45) is 3.67. The molecule has 1 saturated heterocycles. The molecule has 0 radical (unpaired) electrons. The lowest BCUT2D eigenvalue weighted by atomic mass is 10.2. The molecule has 0 unspecified atom stereocenters. The van der Waals surface area contributed by atoms with Crippen LogP contribution in [0, 0.1) is 5.82 Å². The second-order valence-corrected chi connectivity index (χ2v) is 6.55. The maximum Gasteiger partial charge on any atom is 0.233 e. The van der Waals surface area contributed by atoms with Crippen molar-refractivity contribution in [2.24, 2.45) is 0 Å². The second kappa shape index (κ2) is 7.70. The number of thioether (sulfide) groups is 1. The van der Waals surface area contributed by atoms with E-state index in [1.54, 1.807) is 18.3 Å². The van der Waals surface area contributed by atoms with E-state index in [1.165, 1.54) is 17.8 Å². The van der Waals surface area contributed by atoms with Gasteiger partial charge >= 0.3 is 0 Å². The van der Waals surface area contributed by atoms with Gasteiger partial charge < -0.3 is 14.4 Å². The number of para-hydroxylation sites is 1. The predicted molar refractivity (Wildman–Crippen MR) is 93.8 cm³/mol. The van der Waals surface area contributed by atoms with E-state index in [4.69, 9.17) is 0 Å². The average molecular weight is 348 g/mol. The first-order valence-corrected chi connectivity index (χ1v) is 9.08. The number of aryl methyl sites for hydroxylation is 1. The van der Waals surface area contributed by atoms with Crippen LogP contribution in [0.25, 0.3) is 0 Å². The van der Waals surface area contributed by atoms with Crippen LogP contribution in [0.5, 0.6) is 0 Å². The number of benzene rings is 1. The van der Waals surface area contributed by atoms with Gasteiger partial charge in [0.1, 0.15) is 5.82 Å². The molecule has 0 bridgehead atoms. The van der Waals surface area contributed by atoms with Gasteiger partial charge in [-0.25, -0.2) is 9.37 Å². The van der Waals surface area contributed by atoms with Gasteiger partial charge in [-0.3, -0.25) is 4.79 Å². The minimum absolute atomic E-state index is 0.110. The maximum absolute atomic E-state index is 13.8. The predicted octanol–water partition coefficient (Wildman–Crippen LogP) is 2.48. The monoisotopic (exact) mass is 348 g/mol. The summed E-state index contributed by atoms with van der Waals surface area (Å²) in [5.41, 5.74) is 0.615. The number of hydrogen-bond donors (Lipinski definition) is 0. The van der Waals surface area contributed by atoms with Gasteiger partial charge in [0.05, 0.1) is 11.4 Å². The quantitative estimate of drug-likeness (QED) is 0.779. The zero-order chi connectivity index (χ0) is 16.9. The molecule has 3 rings (SSSR count). The van der Waals surface area contributed by atoms with Crippen molar-refractivity contribution in [2.75, 3.05) is 36.8 Å². The van der Waals surface area contributed by atoms with E-state index < -0.39 is 0 Å². The van der Waals surface area contributed by atoms with Gasteiger partial charge in [0.25, 0.3) is 0 Å². The number of carbonyl (C=O) groups is 1. The van der Waals surface area contributed by atoms with E-state index in [-0.39, 0.29) is 11.7 Å². The Morgan fingerprint density at radius 2 is 2.00 bits per heavy atom. The molecule has 7 heteroatoms. The van der Waals surface area contributed by atoms with E-state index in [0.717, 1.165) is 11.7 Å². The molecule has 0 spiro atoms. The number of halogens is 1. The molecule has 128 valence electrons. The molecule has 2 aromatic rings. The lowest BCUT2D eigenvalue weighted by Crippen LogP contribution is -2.49. The fourth-order valence-corrected chi connectivity index (χ4v) is 3.73. The molecule has 0 atom stereocenters. The molecule has 1 aromatic carbocycles. The summed E-state index contributed by atoms with van der Waals surface area (Å²) < 4.78 is 15.9. The van der Waals surface area contributed by atoms with Gasteiger partial charge in [0.15, 0.2) is 5.16 Å². The van der Waals surface area contributed by atoms with Gasteiger partial charge in [-0.1, -0.05) is 23.9 Å². The molecule has 5 nitrogen and oxygen atoms in total. The van der Waals surface area contributed by atoms with E-state index in [0.29, 0.717) is 37.6 Å². The molecule has 0 N–H and O–H groups in total. The average Bonchev–Trinajstić information content (AvgIpc) is 3.08. The molecule has 1 aliphatic rings. The highest BCUT2D eigenvalue weighted by Gasteiger charge is 2.22. The third-order valence-corrected chi connectivity index (χ3v) is 5.16. The SMILES string of the molecule is CCn1ccnc1SCC(=O)N1CCN(c2ccccc2F)CC1. The summed E-state index contributed by atoms with van der Waals surface area (Å²) in [7, 11) is 0. The third kappa shape index (κ3) is 3.72. The fraction of sp³-hybridized carbons (Fsp3) is 0.412. The zero-order valence-corrected chi connectivity index (χ0v) is 14.5. The van der Waals surface area contributed by atoms with Crippen LogP contribution in [-0.2, 0) is 11.3 Å². The lowest BCUT2D eigenvalue weighted by molar-refractivity contribution is -0.128. The van der Waals surface area contributed by atoms with E-state index in [9.17, 15) is 9.18 Å². The Morgan fingerprint density at radius 1 is 1.25 bits per heavy atom. The van der Waals surface area contributed by atoms with Crippen molar-refractivity contribution in [3.8, 4) is 0 Å². The highest BCUT2D eigenvalue weighted by atomic mass is 32.2. The molecular weight excluding hydrogens is 327 g/mol. The molecule has 1 aliphatic heterocycles. The van der Waals surface area contributed by atoms with Crippen molar-refractivity contribution in [3.63, 3.8) is 0 Å². The van der Waals surface area contributed by atoms with Crippen LogP contribution in [-0.4, -0.2) is 52.3 Å². The van der Waals surface area contributed by atoms with Gasteiger partial charge in [0.2, 0.25) is 5.91 Å². The van der Waals surface area contributed by atoms with Crippen LogP contribution >= 0.6 is 11.8 Å². The van der Waals surface area contributed by atoms with Crippen LogP contribution in [0.4, 0.5) is 10.1 Å². The molecule has 1 amide bonds. The number of anilines is 1. The number of aromatic nitrogens is 2. The highest BCUT2D eigenvalue weighted by Crippen LogP contribution is 2.21. The third-order valence-electron chi connectivity index (χ3n) is 4.17. The van der Waals surface area contributed by atoms with Crippen molar-refractivity contribution < 1.29 is 9.18 Å². The normalized spacial score (nSPS) is 14.9. The lowest BCUT2D eigenvalue weighted by Gasteiger charge is -2.36. The zero-order valence-electron chi connectivity index (χ0n) is 13.7. The minimum Gasteiger partial charge on any atom is -0.366 e. The molecule has 1 fully saturated rings. The smallest absolute Gasteiger partial charge is 0.233 e. The second-order valence-electron chi connectivity index (χ2n) is 5.60. The fourth-order valence-electron chi connectivity index (χ4n) is 2.80. The van der Waals surface area contributed by atoms with Crippen molar-refractivity contribution in [1.82, 2.24) is 14.5 Å². The van der Waals surface area contributed by atoms with Crippen LogP contribution < -0.4 is 4.90 Å². The number of amides is 1. The van der Waals surface area contributed by atoms with E-state index in [2.05, 4.69) is 11.9 Å². The van der Waals surface area contributed by atoms with E-state index >= 15 is 0 Å². The first-order valence-electron chi connectivity index (χ1n) is 8.10. The molecule has 1 aromatic heterocycles. The van der Waals surface area contributed by atoms with Crippen molar-refractivity contribution in [1.29, 1.82) is 0 Å². The first kappa shape index (κ1) is 16.8. The summed E-state index contributed by atoms with van der Waals surface area (Å²) in [4.78, 5) is 20.5. The highest BCUT2D eigenvalue weighted by molar-refractivity contribution is 7.99. The first-order chi connectivity index (χ1) is 11.7. The van der Waals surface area contributed by atoms with Crippen molar-refractivity contribution >= 4 is 23.4 Å². The Morgan fingerprint density at radius 3 is 2.71 bits per heavy atom. The molecule has 0 saturated carbocycles. The summed E-state index contributed by atoms with van der Waals surface area (Å²) in [6.45, 7) is 5.45. The molecule has 24 heavy (non-hydrogen) atoms. The number of hydrogen-bond acceptors (Lipinski definition) is 4. The number of carbonyl (C=O) groups excluding carboxylic acids is 1. The Bertz CT molecular complexity index is 697. The Labute approximate surface area is 145 Å². The topological polar surface area (TPSA) is 41.4 Å². The van der Waals surface area contributed by atoms with E-state index in [1.807, 2.05) is 26.6 Å². The van der Waals surface area contributed by atoms with Gasteiger partial charge in [-0.05, 0) is 19.1 Å². The van der Waals surface area contributed by atoms with Gasteiger partial charge in [-0.15, -0.1) is 0 Å². The van der Waals surface area contributed by atoms with Crippen LogP contribution in [0.2, 0.25) is 0 Å². The molecule has 0 aliphatic carbocycles. The van der Waals surface area contributed by atoms with Gasteiger partial charge in [-0.2, -0.15) is 0 Å². The Balaban J connectivity index is 1.51. The number of rotatable bonds is 5. The minimum atomic E-state index is -0.209. The summed E-state index contributed by atoms with van der Waals surface area (Å²) >= 11 is 1.47. The van der Waals surface area contributed by atoms with Crippen LogP contribution in [0.3, 0.4) is 0 Å². The summed E-state index contributed by atoms with van der Waals surface area (Å²) in [5.74, 6) is 0.287. The van der Waals surface area contributed by atoms with Crippen LogP contribution in [0.1, 0.15) is 6.92 Å². The molecular formula is C17H21FN4OS. The Hall–Kier alpha value is -2.02. The number of imidazole rings is 1. The van der Waals surface area contributed by atoms with Crippen LogP contribution in [0.15, 0.2) is 41.8 Å². The largest absolute Gasteiger partial charge is 0.366 e. The number of piperazine rings is 1. The standard InChI is InChI=1S/C17H21FN4OS/c1-2-20-8-7-19-17(20)24-13-16(23)22-11-9-21(10-12-22)15-6-4-3-5-14(15)18/h3-8H,2,9-13H2,1H3. The Kier molecular flexibility index (Phi) is 5.40. The van der Waals surface area contributed by atoms with Gasteiger partial charge in [0, 0.05) is 45.1 Å². The molecule has 2 heterocycles. The van der Waals surface area contributed by atoms with Crippen molar-refractivity contribution in [2.45, 2.75) is 18.6 Å². The number of nitrogens with zero attached hydrogens (tertiary/aromatic N) is 4.